The van der Waals surface area contributed by atoms with Gasteiger partial charge < -0.3 is 13.9 Å². The monoisotopic (exact) mass is 330 g/mol. The fourth-order valence-electron chi connectivity index (χ4n) is 1.97. The summed E-state index contributed by atoms with van der Waals surface area (Å²) in [4.78, 5) is 10.5. The largest absolute Gasteiger partial charge is 0.463 e. The molecular weight excluding hydrogens is 304 g/mol. The van der Waals surface area contributed by atoms with Gasteiger partial charge in [-0.1, -0.05) is 30.3 Å². The minimum atomic E-state index is -0.359. The number of rotatable bonds is 7. The number of methoxy groups -OCH3 is 1. The van der Waals surface area contributed by atoms with Gasteiger partial charge in [-0.2, -0.15) is 0 Å². The molecule has 0 radical (unpaired) electrons. The first-order valence-electron chi connectivity index (χ1n) is 7.98. The number of benzene rings is 1. The van der Waals surface area contributed by atoms with E-state index >= 15 is 0 Å². The smallest absolute Gasteiger partial charge is 0.330 e. The van der Waals surface area contributed by atoms with Crippen molar-refractivity contribution in [2.24, 2.45) is 0 Å². The molecule has 1 heterocycles. The summed E-state index contributed by atoms with van der Waals surface area (Å²) in [6.07, 6.45) is 2.92. The van der Waals surface area contributed by atoms with Crippen molar-refractivity contribution in [2.45, 2.75) is 26.7 Å². The molecule has 0 saturated carbocycles. The highest BCUT2D eigenvalue weighted by Gasteiger charge is 2.01. The van der Waals surface area contributed by atoms with Crippen molar-refractivity contribution in [3.63, 3.8) is 0 Å². The summed E-state index contributed by atoms with van der Waals surface area (Å²) in [6.45, 7) is 8.48. The molecule has 0 atom stereocenters. The van der Waals surface area contributed by atoms with Gasteiger partial charge >= 0.3 is 5.97 Å². The predicted molar refractivity (Wildman–Crippen MR) is 95.9 cm³/mol. The second kappa shape index (κ2) is 11.2. The molecule has 0 N–H and O–H groups in total. The van der Waals surface area contributed by atoms with E-state index in [1.54, 1.807) is 7.11 Å². The van der Waals surface area contributed by atoms with Gasteiger partial charge in [-0.15, -0.1) is 0 Å². The molecule has 130 valence electrons. The van der Waals surface area contributed by atoms with E-state index in [2.05, 4.69) is 31.7 Å². The summed E-state index contributed by atoms with van der Waals surface area (Å²) >= 11 is 0. The summed E-state index contributed by atoms with van der Waals surface area (Å²) in [5.74, 6) is 1.54. The molecular formula is C20H26O4. The van der Waals surface area contributed by atoms with Gasteiger partial charge in [-0.25, -0.2) is 4.79 Å². The molecule has 1 aromatic carbocycles. The van der Waals surface area contributed by atoms with Crippen LogP contribution in [0.15, 0.2) is 53.5 Å². The van der Waals surface area contributed by atoms with E-state index in [1.165, 1.54) is 5.56 Å². The predicted octanol–water partition coefficient (Wildman–Crippen LogP) is 4.71. The van der Waals surface area contributed by atoms with Crippen LogP contribution in [0.5, 0.6) is 0 Å². The summed E-state index contributed by atoms with van der Waals surface area (Å²) in [5, 5.41) is 0. The number of aryl methyl sites for hydroxylation is 2. The molecule has 1 aromatic heterocycles. The van der Waals surface area contributed by atoms with Crippen molar-refractivity contribution >= 4 is 5.97 Å². The third kappa shape index (κ3) is 7.79. The molecule has 4 heteroatoms. The molecule has 24 heavy (non-hydrogen) atoms. The Labute approximate surface area is 144 Å². The van der Waals surface area contributed by atoms with Gasteiger partial charge in [0.05, 0.1) is 6.61 Å². The summed E-state index contributed by atoms with van der Waals surface area (Å²) in [6, 6.07) is 12.3. The van der Waals surface area contributed by atoms with Crippen LogP contribution in [-0.4, -0.2) is 26.3 Å². The van der Waals surface area contributed by atoms with Crippen molar-refractivity contribution in [3.8, 4) is 11.3 Å². The molecule has 2 rings (SSSR count). The number of carbonyl (C=O) groups is 1. The maximum Gasteiger partial charge on any atom is 0.330 e. The Balaban J connectivity index is 0.000000245. The number of ether oxygens (including phenoxy) is 2. The molecule has 0 aliphatic rings. The minimum absolute atomic E-state index is 0.359. The molecule has 0 fully saturated rings. The van der Waals surface area contributed by atoms with Crippen LogP contribution in [0.2, 0.25) is 0 Å². The number of esters is 1. The number of carbonyl (C=O) groups excluding carboxylic acids is 1. The molecule has 0 bridgehead atoms. The fourth-order valence-corrected chi connectivity index (χ4v) is 1.97. The highest BCUT2D eigenvalue weighted by Crippen LogP contribution is 2.22. The Hall–Kier alpha value is -2.33. The summed E-state index contributed by atoms with van der Waals surface area (Å²) in [5.41, 5.74) is 2.40. The highest BCUT2D eigenvalue weighted by atomic mass is 16.5. The van der Waals surface area contributed by atoms with Crippen molar-refractivity contribution in [3.05, 3.63) is 60.4 Å². The maximum atomic E-state index is 10.5. The van der Waals surface area contributed by atoms with E-state index in [-0.39, 0.29) is 5.97 Å². The molecule has 0 unspecified atom stereocenters. The van der Waals surface area contributed by atoms with Crippen molar-refractivity contribution in [1.29, 1.82) is 0 Å². The lowest BCUT2D eigenvalue weighted by molar-refractivity contribution is -0.137. The second-order valence-corrected chi connectivity index (χ2v) is 5.35. The number of furan rings is 1. The first-order valence-corrected chi connectivity index (χ1v) is 7.98. The Morgan fingerprint density at radius 2 is 1.92 bits per heavy atom. The lowest BCUT2D eigenvalue weighted by Crippen LogP contribution is -2.02. The van der Waals surface area contributed by atoms with E-state index in [0.29, 0.717) is 13.2 Å². The van der Waals surface area contributed by atoms with Crippen LogP contribution in [0.3, 0.4) is 0 Å². The van der Waals surface area contributed by atoms with Gasteiger partial charge in [-0.3, -0.25) is 0 Å². The number of hydrogen-bond acceptors (Lipinski definition) is 4. The Morgan fingerprint density at radius 3 is 2.50 bits per heavy atom. The van der Waals surface area contributed by atoms with Crippen molar-refractivity contribution < 1.29 is 18.7 Å². The third-order valence-corrected chi connectivity index (χ3v) is 3.20. The van der Waals surface area contributed by atoms with Crippen molar-refractivity contribution in [1.82, 2.24) is 0 Å². The van der Waals surface area contributed by atoms with Gasteiger partial charge in [-0.05, 0) is 44.9 Å². The van der Waals surface area contributed by atoms with Crippen LogP contribution in [0.4, 0.5) is 0 Å². The zero-order chi connectivity index (χ0) is 17.8. The van der Waals surface area contributed by atoms with Crippen LogP contribution in [0.1, 0.15) is 24.2 Å². The highest BCUT2D eigenvalue weighted by molar-refractivity contribution is 5.81. The molecule has 0 spiro atoms. The van der Waals surface area contributed by atoms with Crippen LogP contribution < -0.4 is 0 Å². The Kier molecular flexibility index (Phi) is 9.24. The van der Waals surface area contributed by atoms with E-state index in [0.717, 1.165) is 36.0 Å². The van der Waals surface area contributed by atoms with Gasteiger partial charge in [0.25, 0.3) is 0 Å². The van der Waals surface area contributed by atoms with E-state index in [4.69, 9.17) is 13.9 Å². The Bertz CT molecular complexity index is 628. The fraction of sp³-hybridized carbons (Fsp3) is 0.350. The zero-order valence-corrected chi connectivity index (χ0v) is 14.7. The second-order valence-electron chi connectivity index (χ2n) is 5.35. The molecule has 0 aliphatic carbocycles. The van der Waals surface area contributed by atoms with Gasteiger partial charge in [0, 0.05) is 25.4 Å². The Morgan fingerprint density at radius 1 is 1.17 bits per heavy atom. The first kappa shape index (κ1) is 19.7. The SMILES string of the molecule is C=CC(=O)OCCCCOC.Cc1cccc(-c2ccc(C)o2)c1. The quantitative estimate of drug-likeness (QED) is 0.419. The normalized spacial score (nSPS) is 9.79. The summed E-state index contributed by atoms with van der Waals surface area (Å²) < 4.78 is 15.1. The lowest BCUT2D eigenvalue weighted by atomic mass is 10.1. The average Bonchev–Trinajstić information content (AvgIpc) is 3.01. The summed E-state index contributed by atoms with van der Waals surface area (Å²) in [7, 11) is 1.65. The molecule has 0 saturated heterocycles. The number of hydrogen-bond donors (Lipinski definition) is 0. The minimum Gasteiger partial charge on any atom is -0.463 e. The van der Waals surface area contributed by atoms with Crippen LogP contribution >= 0.6 is 0 Å². The van der Waals surface area contributed by atoms with E-state index in [1.807, 2.05) is 25.1 Å². The van der Waals surface area contributed by atoms with Crippen LogP contribution in [0.25, 0.3) is 11.3 Å². The van der Waals surface area contributed by atoms with Crippen LogP contribution in [0, 0.1) is 13.8 Å². The third-order valence-electron chi connectivity index (χ3n) is 3.20. The molecule has 4 nitrogen and oxygen atoms in total. The average molecular weight is 330 g/mol. The van der Waals surface area contributed by atoms with Gasteiger partial charge in [0.2, 0.25) is 0 Å². The maximum absolute atomic E-state index is 10.5. The van der Waals surface area contributed by atoms with Gasteiger partial charge in [0.1, 0.15) is 11.5 Å². The standard InChI is InChI=1S/C12H12O.C8H14O3/c1-9-4-3-5-11(8-9)12-7-6-10(2)13-12;1-3-8(9)11-7-5-4-6-10-2/h3-8H,1-2H3;3H,1,4-7H2,2H3. The topological polar surface area (TPSA) is 48.7 Å². The van der Waals surface area contributed by atoms with Gasteiger partial charge in [0.15, 0.2) is 0 Å². The molecule has 0 aliphatic heterocycles. The van der Waals surface area contributed by atoms with E-state index in [9.17, 15) is 4.79 Å². The zero-order valence-electron chi connectivity index (χ0n) is 14.7. The lowest BCUT2D eigenvalue weighted by Gasteiger charge is -2.00. The van der Waals surface area contributed by atoms with Crippen LogP contribution in [-0.2, 0) is 14.3 Å². The van der Waals surface area contributed by atoms with Crippen molar-refractivity contribution in [2.75, 3.05) is 20.3 Å². The molecule has 0 amide bonds. The first-order chi connectivity index (χ1) is 11.6. The molecule has 2 aromatic rings. The number of unbranched alkanes of at least 4 members (excludes halogenated alkanes) is 1. The van der Waals surface area contributed by atoms with E-state index < -0.39 is 0 Å².